The molecular formula is C21H20N4O3. The molecule has 1 unspecified atom stereocenters. The Kier molecular flexibility index (Phi) is 4.80. The molecule has 0 aliphatic heterocycles. The highest BCUT2D eigenvalue weighted by atomic mass is 16.5. The largest absolute Gasteiger partial charge is 0.473 e. The average Bonchev–Trinajstić information content (AvgIpc) is 3.31. The highest BCUT2D eigenvalue weighted by molar-refractivity contribution is 5.92. The van der Waals surface area contributed by atoms with Crippen LogP contribution in [0.1, 0.15) is 34.9 Å². The van der Waals surface area contributed by atoms with Crippen LogP contribution in [0.15, 0.2) is 65.1 Å². The van der Waals surface area contributed by atoms with Crippen LogP contribution < -0.4 is 10.1 Å². The third-order valence-corrected chi connectivity index (χ3v) is 4.33. The zero-order valence-electron chi connectivity index (χ0n) is 15.6. The number of aryl methyl sites for hydroxylation is 1. The topological polar surface area (TPSA) is 82.2 Å². The van der Waals surface area contributed by atoms with Crippen molar-refractivity contribution in [2.75, 3.05) is 0 Å². The van der Waals surface area contributed by atoms with Gasteiger partial charge in [0.15, 0.2) is 11.3 Å². The number of ether oxygens (including phenoxy) is 1. The molecule has 0 radical (unpaired) electrons. The second-order valence-electron chi connectivity index (χ2n) is 6.48. The van der Waals surface area contributed by atoms with Gasteiger partial charge in [-0.2, -0.15) is 5.10 Å². The molecule has 0 saturated heterocycles. The lowest BCUT2D eigenvalue weighted by atomic mass is 10.2. The van der Waals surface area contributed by atoms with Gasteiger partial charge in [0, 0.05) is 13.1 Å². The van der Waals surface area contributed by atoms with Crippen LogP contribution in [0.4, 0.5) is 0 Å². The number of para-hydroxylation sites is 2. The summed E-state index contributed by atoms with van der Waals surface area (Å²) < 4.78 is 13.0. The number of benzene rings is 2. The van der Waals surface area contributed by atoms with Gasteiger partial charge in [-0.3, -0.25) is 4.79 Å². The molecule has 1 amide bonds. The van der Waals surface area contributed by atoms with E-state index in [-0.39, 0.29) is 11.6 Å². The lowest BCUT2D eigenvalue weighted by Gasteiger charge is -2.08. The molecule has 0 saturated carbocycles. The Morgan fingerprint density at radius 1 is 1.18 bits per heavy atom. The maximum Gasteiger partial charge on any atom is 0.272 e. The van der Waals surface area contributed by atoms with Gasteiger partial charge >= 0.3 is 0 Å². The van der Waals surface area contributed by atoms with Gasteiger partial charge in [0.1, 0.15) is 18.2 Å². The molecule has 7 heteroatoms. The number of amides is 1. The minimum atomic E-state index is -0.393. The Hall–Kier alpha value is -3.61. The van der Waals surface area contributed by atoms with Crippen LogP contribution in [-0.4, -0.2) is 20.7 Å². The SMILES string of the molecule is CC(NC(=O)c1cc(OCc2ccccc2)n(C)n1)c1nc2ccccc2o1. The summed E-state index contributed by atoms with van der Waals surface area (Å²) in [5.41, 5.74) is 2.76. The van der Waals surface area contributed by atoms with E-state index in [0.29, 0.717) is 24.0 Å². The molecule has 2 aromatic carbocycles. The number of fused-ring (bicyclic) bond motifs is 1. The fraction of sp³-hybridized carbons (Fsp3) is 0.190. The van der Waals surface area contributed by atoms with Crippen molar-refractivity contribution in [3.05, 3.63) is 77.8 Å². The monoisotopic (exact) mass is 376 g/mol. The van der Waals surface area contributed by atoms with Gasteiger partial charge in [0.05, 0.1) is 0 Å². The van der Waals surface area contributed by atoms with E-state index in [2.05, 4.69) is 15.4 Å². The van der Waals surface area contributed by atoms with Crippen LogP contribution in [0.25, 0.3) is 11.1 Å². The number of aromatic nitrogens is 3. The average molecular weight is 376 g/mol. The summed E-state index contributed by atoms with van der Waals surface area (Å²) in [5, 5.41) is 7.10. The Morgan fingerprint density at radius 2 is 1.93 bits per heavy atom. The maximum atomic E-state index is 12.6. The summed E-state index contributed by atoms with van der Waals surface area (Å²) >= 11 is 0. The Morgan fingerprint density at radius 3 is 2.71 bits per heavy atom. The lowest BCUT2D eigenvalue weighted by molar-refractivity contribution is 0.0928. The van der Waals surface area contributed by atoms with Crippen molar-refractivity contribution in [1.82, 2.24) is 20.1 Å². The fourth-order valence-corrected chi connectivity index (χ4v) is 2.84. The van der Waals surface area contributed by atoms with Gasteiger partial charge in [-0.05, 0) is 24.6 Å². The van der Waals surface area contributed by atoms with Crippen molar-refractivity contribution < 1.29 is 13.9 Å². The first-order valence-electron chi connectivity index (χ1n) is 8.97. The fourth-order valence-electron chi connectivity index (χ4n) is 2.84. The molecule has 142 valence electrons. The van der Waals surface area contributed by atoms with E-state index < -0.39 is 6.04 Å². The molecule has 4 aromatic rings. The van der Waals surface area contributed by atoms with Crippen molar-refractivity contribution in [2.24, 2.45) is 7.05 Å². The summed E-state index contributed by atoms with van der Waals surface area (Å²) in [6.45, 7) is 2.22. The van der Waals surface area contributed by atoms with E-state index in [1.165, 1.54) is 0 Å². The Labute approximate surface area is 161 Å². The molecule has 0 fully saturated rings. The molecule has 0 aliphatic carbocycles. The van der Waals surface area contributed by atoms with Crippen LogP contribution in [0.3, 0.4) is 0 Å². The molecule has 2 heterocycles. The molecular weight excluding hydrogens is 356 g/mol. The van der Waals surface area contributed by atoms with Crippen LogP contribution >= 0.6 is 0 Å². The summed E-state index contributed by atoms with van der Waals surface area (Å²) in [4.78, 5) is 17.0. The van der Waals surface area contributed by atoms with Crippen molar-refractivity contribution >= 4 is 17.0 Å². The Balaban J connectivity index is 1.43. The molecule has 0 aliphatic rings. The van der Waals surface area contributed by atoms with Crippen molar-refractivity contribution in [2.45, 2.75) is 19.6 Å². The van der Waals surface area contributed by atoms with Crippen molar-refractivity contribution in [3.63, 3.8) is 0 Å². The number of oxazole rings is 1. The second kappa shape index (κ2) is 7.56. The smallest absolute Gasteiger partial charge is 0.272 e. The number of carbonyl (C=O) groups excluding carboxylic acids is 1. The molecule has 4 rings (SSSR count). The van der Waals surface area contributed by atoms with E-state index >= 15 is 0 Å². The predicted molar refractivity (Wildman–Crippen MR) is 104 cm³/mol. The van der Waals surface area contributed by atoms with E-state index in [1.54, 1.807) is 17.8 Å². The molecule has 1 N–H and O–H groups in total. The molecule has 2 aromatic heterocycles. The van der Waals surface area contributed by atoms with Crippen LogP contribution in [-0.2, 0) is 13.7 Å². The highest BCUT2D eigenvalue weighted by Gasteiger charge is 2.20. The number of carbonyl (C=O) groups is 1. The maximum absolute atomic E-state index is 12.6. The summed E-state index contributed by atoms with van der Waals surface area (Å²) in [6.07, 6.45) is 0. The van der Waals surface area contributed by atoms with Crippen molar-refractivity contribution in [3.8, 4) is 5.88 Å². The first-order chi connectivity index (χ1) is 13.6. The molecule has 28 heavy (non-hydrogen) atoms. The summed E-state index contributed by atoms with van der Waals surface area (Å²) in [5.74, 6) is 0.648. The van der Waals surface area contributed by atoms with Crippen LogP contribution in [0, 0.1) is 0 Å². The standard InChI is InChI=1S/C21H20N4O3/c1-14(21-23-16-10-6-7-11-18(16)28-21)22-20(26)17-12-19(25(2)24-17)27-13-15-8-4-3-5-9-15/h3-12,14H,13H2,1-2H3,(H,22,26). The van der Waals surface area contributed by atoms with E-state index in [1.807, 2.05) is 61.5 Å². The van der Waals surface area contributed by atoms with Crippen LogP contribution in [0.2, 0.25) is 0 Å². The quantitative estimate of drug-likeness (QED) is 0.556. The van der Waals surface area contributed by atoms with Crippen LogP contribution in [0.5, 0.6) is 5.88 Å². The molecule has 0 spiro atoms. The Bertz CT molecular complexity index is 1070. The van der Waals surface area contributed by atoms with E-state index in [4.69, 9.17) is 9.15 Å². The van der Waals surface area contributed by atoms with E-state index in [9.17, 15) is 4.79 Å². The minimum Gasteiger partial charge on any atom is -0.473 e. The van der Waals surface area contributed by atoms with Gasteiger partial charge in [-0.1, -0.05) is 42.5 Å². The number of nitrogens with one attached hydrogen (secondary N) is 1. The first kappa shape index (κ1) is 17.8. The molecule has 7 nitrogen and oxygen atoms in total. The second-order valence-corrected chi connectivity index (χ2v) is 6.48. The number of hydrogen-bond donors (Lipinski definition) is 1. The first-order valence-corrected chi connectivity index (χ1v) is 8.97. The number of rotatable bonds is 6. The van der Waals surface area contributed by atoms with Crippen molar-refractivity contribution in [1.29, 1.82) is 0 Å². The number of nitrogens with zero attached hydrogens (tertiary/aromatic N) is 3. The predicted octanol–water partition coefficient (Wildman–Crippen LogP) is 3.63. The lowest BCUT2D eigenvalue weighted by Crippen LogP contribution is -2.27. The highest BCUT2D eigenvalue weighted by Crippen LogP contribution is 2.20. The van der Waals surface area contributed by atoms with E-state index in [0.717, 1.165) is 11.1 Å². The zero-order chi connectivity index (χ0) is 19.5. The van der Waals surface area contributed by atoms with Gasteiger partial charge in [-0.15, -0.1) is 0 Å². The van der Waals surface area contributed by atoms with Gasteiger partial charge in [-0.25, -0.2) is 9.67 Å². The summed E-state index contributed by atoms with van der Waals surface area (Å²) in [6, 6.07) is 18.5. The third-order valence-electron chi connectivity index (χ3n) is 4.33. The zero-order valence-corrected chi connectivity index (χ0v) is 15.6. The normalized spacial score (nSPS) is 12.1. The summed E-state index contributed by atoms with van der Waals surface area (Å²) in [7, 11) is 1.74. The van der Waals surface area contributed by atoms with Gasteiger partial charge < -0.3 is 14.5 Å². The number of hydrogen-bond acceptors (Lipinski definition) is 5. The van der Waals surface area contributed by atoms with Gasteiger partial charge in [0.2, 0.25) is 11.8 Å². The molecule has 1 atom stereocenters. The third kappa shape index (κ3) is 3.73. The van der Waals surface area contributed by atoms with Gasteiger partial charge in [0.25, 0.3) is 5.91 Å². The minimum absolute atomic E-state index is 0.272. The molecule has 0 bridgehead atoms.